The molecule has 0 saturated heterocycles. The number of hydrogen-bond donors (Lipinski definition) is 1. The van der Waals surface area contributed by atoms with Crippen molar-refractivity contribution in [2.24, 2.45) is 0 Å². The number of aryl methyl sites for hydroxylation is 1. The van der Waals surface area contributed by atoms with Crippen molar-refractivity contribution in [1.82, 2.24) is 4.98 Å². The Kier molecular flexibility index (Phi) is 3.43. The van der Waals surface area contributed by atoms with Crippen molar-refractivity contribution < 1.29 is 9.84 Å². The van der Waals surface area contributed by atoms with Gasteiger partial charge in [0.25, 0.3) is 5.19 Å². The molecule has 3 nitrogen and oxygen atoms in total. The van der Waals surface area contributed by atoms with Gasteiger partial charge in [-0.3, -0.25) is 0 Å². The van der Waals surface area contributed by atoms with Crippen LogP contribution in [0.2, 0.25) is 5.02 Å². The number of rotatable bonds is 3. The van der Waals surface area contributed by atoms with Crippen molar-refractivity contribution in [1.29, 1.82) is 0 Å². The van der Waals surface area contributed by atoms with E-state index >= 15 is 0 Å². The molecule has 1 aromatic carbocycles. The summed E-state index contributed by atoms with van der Waals surface area (Å²) in [4.78, 5) is 5.12. The van der Waals surface area contributed by atoms with E-state index in [2.05, 4.69) is 4.98 Å². The number of benzene rings is 1. The molecule has 1 aromatic heterocycles. The number of ether oxygens (including phenoxy) is 1. The number of aliphatic hydroxyl groups excluding tert-OH is 1. The summed E-state index contributed by atoms with van der Waals surface area (Å²) < 4.78 is 5.53. The quantitative estimate of drug-likeness (QED) is 0.914. The van der Waals surface area contributed by atoms with Crippen LogP contribution < -0.4 is 4.74 Å². The predicted octanol–water partition coefficient (Wildman–Crippen LogP) is 3.39. The van der Waals surface area contributed by atoms with E-state index in [1.165, 1.54) is 11.3 Å². The first-order chi connectivity index (χ1) is 7.69. The molecule has 0 radical (unpaired) electrons. The Morgan fingerprint density at radius 2 is 2.06 bits per heavy atom. The van der Waals surface area contributed by atoms with Gasteiger partial charge in [0.2, 0.25) is 0 Å². The van der Waals surface area contributed by atoms with Crippen LogP contribution in [0.15, 0.2) is 24.3 Å². The highest BCUT2D eigenvalue weighted by atomic mass is 35.5. The fraction of sp³-hybridized carbons (Fsp3) is 0.182. The van der Waals surface area contributed by atoms with Crippen LogP contribution in [0.5, 0.6) is 10.9 Å². The highest BCUT2D eigenvalue weighted by Gasteiger charge is 2.08. The monoisotopic (exact) mass is 255 g/mol. The molecule has 0 aliphatic carbocycles. The van der Waals surface area contributed by atoms with Crippen molar-refractivity contribution in [3.8, 4) is 10.9 Å². The molecule has 1 N–H and O–H groups in total. The van der Waals surface area contributed by atoms with Crippen molar-refractivity contribution in [3.63, 3.8) is 0 Å². The van der Waals surface area contributed by atoms with Gasteiger partial charge in [0.15, 0.2) is 0 Å². The van der Waals surface area contributed by atoms with E-state index in [1.807, 2.05) is 6.92 Å². The lowest BCUT2D eigenvalue weighted by atomic mass is 10.3. The first kappa shape index (κ1) is 11.4. The molecular weight excluding hydrogens is 246 g/mol. The molecule has 2 rings (SSSR count). The number of aliphatic hydroxyl groups is 1. The van der Waals surface area contributed by atoms with Crippen LogP contribution in [0, 0.1) is 6.92 Å². The van der Waals surface area contributed by atoms with Crippen LogP contribution in [-0.4, -0.2) is 10.1 Å². The standard InChI is InChI=1S/C11H10ClNO2S/c1-7-10(6-14)13-11(16-7)15-9-4-2-8(12)3-5-9/h2-5,14H,6H2,1H3. The normalized spacial score (nSPS) is 10.4. The van der Waals surface area contributed by atoms with Gasteiger partial charge >= 0.3 is 0 Å². The maximum Gasteiger partial charge on any atom is 0.279 e. The van der Waals surface area contributed by atoms with E-state index < -0.39 is 0 Å². The van der Waals surface area contributed by atoms with Gasteiger partial charge < -0.3 is 9.84 Å². The highest BCUT2D eigenvalue weighted by molar-refractivity contribution is 7.13. The van der Waals surface area contributed by atoms with Crippen LogP contribution in [0.3, 0.4) is 0 Å². The maximum absolute atomic E-state index is 9.01. The summed E-state index contributed by atoms with van der Waals surface area (Å²) in [6.07, 6.45) is 0. The molecule has 0 bridgehead atoms. The minimum atomic E-state index is -0.0632. The number of halogens is 1. The summed E-state index contributed by atoms with van der Waals surface area (Å²) in [6, 6.07) is 7.06. The number of aromatic nitrogens is 1. The third-order valence-corrected chi connectivity index (χ3v) is 3.18. The zero-order valence-corrected chi connectivity index (χ0v) is 10.2. The summed E-state index contributed by atoms with van der Waals surface area (Å²) in [5, 5.41) is 10.2. The zero-order valence-electron chi connectivity index (χ0n) is 8.61. The third kappa shape index (κ3) is 2.52. The molecule has 0 amide bonds. The topological polar surface area (TPSA) is 42.4 Å². The lowest BCUT2D eigenvalue weighted by molar-refractivity contribution is 0.276. The van der Waals surface area contributed by atoms with Crippen molar-refractivity contribution in [3.05, 3.63) is 39.9 Å². The van der Waals surface area contributed by atoms with Crippen LogP contribution in [0.25, 0.3) is 0 Å². The fourth-order valence-electron chi connectivity index (χ4n) is 1.20. The van der Waals surface area contributed by atoms with E-state index in [4.69, 9.17) is 21.4 Å². The molecule has 0 atom stereocenters. The molecule has 16 heavy (non-hydrogen) atoms. The molecule has 0 spiro atoms. The molecule has 0 saturated carbocycles. The van der Waals surface area contributed by atoms with E-state index in [0.717, 1.165) is 4.88 Å². The first-order valence-electron chi connectivity index (χ1n) is 4.69. The van der Waals surface area contributed by atoms with E-state index in [-0.39, 0.29) is 6.61 Å². The predicted molar refractivity (Wildman–Crippen MR) is 64.3 cm³/mol. The zero-order chi connectivity index (χ0) is 11.5. The van der Waals surface area contributed by atoms with Gasteiger partial charge in [0, 0.05) is 9.90 Å². The molecule has 1 heterocycles. The summed E-state index contributed by atoms with van der Waals surface area (Å²) in [5.74, 6) is 0.683. The average molecular weight is 256 g/mol. The lowest BCUT2D eigenvalue weighted by Crippen LogP contribution is -1.86. The summed E-state index contributed by atoms with van der Waals surface area (Å²) in [5.41, 5.74) is 0.661. The fourth-order valence-corrected chi connectivity index (χ4v) is 2.11. The Bertz CT molecular complexity index is 481. The number of hydrogen-bond acceptors (Lipinski definition) is 4. The lowest BCUT2D eigenvalue weighted by Gasteiger charge is -2.00. The maximum atomic E-state index is 9.01. The number of thiazole rings is 1. The minimum Gasteiger partial charge on any atom is -0.431 e. The molecule has 0 aliphatic rings. The van der Waals surface area contributed by atoms with Gasteiger partial charge in [-0.25, -0.2) is 4.98 Å². The van der Waals surface area contributed by atoms with Gasteiger partial charge in [0.05, 0.1) is 12.3 Å². The van der Waals surface area contributed by atoms with Crippen LogP contribution in [-0.2, 0) is 6.61 Å². The number of nitrogens with zero attached hydrogens (tertiary/aromatic N) is 1. The second kappa shape index (κ2) is 4.82. The minimum absolute atomic E-state index is 0.0632. The molecule has 5 heteroatoms. The molecular formula is C11H10ClNO2S. The second-order valence-corrected chi connectivity index (χ2v) is 4.80. The third-order valence-electron chi connectivity index (χ3n) is 2.04. The highest BCUT2D eigenvalue weighted by Crippen LogP contribution is 2.29. The van der Waals surface area contributed by atoms with Crippen molar-refractivity contribution in [2.75, 3.05) is 0 Å². The Morgan fingerprint density at radius 3 is 2.62 bits per heavy atom. The Hall–Kier alpha value is -1.10. The molecule has 0 fully saturated rings. The Morgan fingerprint density at radius 1 is 1.38 bits per heavy atom. The van der Waals surface area contributed by atoms with E-state index in [0.29, 0.717) is 21.7 Å². The largest absolute Gasteiger partial charge is 0.431 e. The Labute approximate surface area is 102 Å². The second-order valence-electron chi connectivity index (χ2n) is 3.20. The molecule has 2 aromatic rings. The molecule has 0 unspecified atom stereocenters. The summed E-state index contributed by atoms with van der Waals surface area (Å²) in [7, 11) is 0. The van der Waals surface area contributed by atoms with Crippen molar-refractivity contribution in [2.45, 2.75) is 13.5 Å². The van der Waals surface area contributed by atoms with Crippen molar-refractivity contribution >= 4 is 22.9 Å². The van der Waals surface area contributed by atoms with Gasteiger partial charge in [-0.2, -0.15) is 0 Å². The molecule has 84 valence electrons. The van der Waals surface area contributed by atoms with Crippen LogP contribution >= 0.6 is 22.9 Å². The van der Waals surface area contributed by atoms with Crippen LogP contribution in [0.4, 0.5) is 0 Å². The van der Waals surface area contributed by atoms with Gasteiger partial charge in [-0.05, 0) is 31.2 Å². The van der Waals surface area contributed by atoms with Crippen LogP contribution in [0.1, 0.15) is 10.6 Å². The summed E-state index contributed by atoms with van der Waals surface area (Å²) in [6.45, 7) is 1.84. The van der Waals surface area contributed by atoms with E-state index in [9.17, 15) is 0 Å². The van der Waals surface area contributed by atoms with Gasteiger partial charge in [0.1, 0.15) is 5.75 Å². The summed E-state index contributed by atoms with van der Waals surface area (Å²) >= 11 is 7.18. The van der Waals surface area contributed by atoms with Gasteiger partial charge in [-0.1, -0.05) is 22.9 Å². The SMILES string of the molecule is Cc1sc(Oc2ccc(Cl)cc2)nc1CO. The first-order valence-corrected chi connectivity index (χ1v) is 5.89. The molecule has 0 aliphatic heterocycles. The smallest absolute Gasteiger partial charge is 0.279 e. The average Bonchev–Trinajstić information content (AvgIpc) is 2.62. The van der Waals surface area contributed by atoms with E-state index in [1.54, 1.807) is 24.3 Å². The Balaban J connectivity index is 2.17. The van der Waals surface area contributed by atoms with Gasteiger partial charge in [-0.15, -0.1) is 0 Å².